The number of carbonyl (C=O) groups is 2. The van der Waals surface area contributed by atoms with Gasteiger partial charge in [-0.15, -0.1) is 0 Å². The molecule has 0 aliphatic carbocycles. The number of rotatable bonds is 7. The summed E-state index contributed by atoms with van der Waals surface area (Å²) in [6.45, 7) is 3.50. The first-order valence-corrected chi connectivity index (χ1v) is 9.84. The lowest BCUT2D eigenvalue weighted by Gasteiger charge is -2.33. The van der Waals surface area contributed by atoms with Crippen LogP contribution in [0.1, 0.15) is 57.1 Å². The third kappa shape index (κ3) is 5.75. The molecule has 0 saturated carbocycles. The van der Waals surface area contributed by atoms with Gasteiger partial charge in [-0.2, -0.15) is 0 Å². The summed E-state index contributed by atoms with van der Waals surface area (Å²) in [7, 11) is 3.53. The predicted molar refractivity (Wildman–Crippen MR) is 105 cm³/mol. The second-order valence-electron chi connectivity index (χ2n) is 7.41. The molecular formula is C21H33N3O2. The topological polar surface area (TPSA) is 52.7 Å². The van der Waals surface area contributed by atoms with Gasteiger partial charge in [0.2, 0.25) is 5.91 Å². The van der Waals surface area contributed by atoms with Gasteiger partial charge in [0, 0.05) is 33.1 Å². The van der Waals surface area contributed by atoms with E-state index in [1.165, 1.54) is 18.4 Å². The summed E-state index contributed by atoms with van der Waals surface area (Å²) in [5.41, 5.74) is 1.18. The Morgan fingerprint density at radius 1 is 1.15 bits per heavy atom. The minimum absolute atomic E-state index is 0.00130. The normalized spacial score (nSPS) is 16.2. The Labute approximate surface area is 157 Å². The van der Waals surface area contributed by atoms with Crippen molar-refractivity contribution < 1.29 is 9.59 Å². The number of urea groups is 1. The van der Waals surface area contributed by atoms with E-state index in [1.54, 1.807) is 19.0 Å². The van der Waals surface area contributed by atoms with Crippen LogP contribution in [0.5, 0.6) is 0 Å². The highest BCUT2D eigenvalue weighted by molar-refractivity contribution is 5.80. The zero-order valence-electron chi connectivity index (χ0n) is 16.4. The number of piperidine rings is 1. The molecule has 1 aromatic carbocycles. The van der Waals surface area contributed by atoms with Crippen molar-refractivity contribution in [2.45, 2.75) is 51.5 Å². The Bertz CT molecular complexity index is 566. The maximum absolute atomic E-state index is 12.8. The van der Waals surface area contributed by atoms with Gasteiger partial charge in [0.05, 0.1) is 6.04 Å². The lowest BCUT2D eigenvalue weighted by atomic mass is 9.94. The van der Waals surface area contributed by atoms with Crippen molar-refractivity contribution in [1.29, 1.82) is 0 Å². The van der Waals surface area contributed by atoms with E-state index in [9.17, 15) is 9.59 Å². The van der Waals surface area contributed by atoms with E-state index in [4.69, 9.17) is 0 Å². The Morgan fingerprint density at radius 3 is 2.38 bits per heavy atom. The molecule has 5 nitrogen and oxygen atoms in total. The summed E-state index contributed by atoms with van der Waals surface area (Å²) < 4.78 is 0. The number of likely N-dealkylation sites (tertiary alicyclic amines) is 1. The van der Waals surface area contributed by atoms with E-state index in [-0.39, 0.29) is 23.9 Å². The number of benzene rings is 1. The van der Waals surface area contributed by atoms with Gasteiger partial charge in [-0.1, -0.05) is 56.5 Å². The molecule has 2 rings (SSSR count). The molecule has 0 bridgehead atoms. The highest BCUT2D eigenvalue weighted by atomic mass is 16.2. The molecule has 1 unspecified atom stereocenters. The SMILES string of the molecule is CCCCCC(NC(=O)C1CCN(C(=O)N(C)C)CC1)c1ccccc1. The first-order chi connectivity index (χ1) is 12.5. The van der Waals surface area contributed by atoms with Crippen molar-refractivity contribution in [3.8, 4) is 0 Å². The fraction of sp³-hybridized carbons (Fsp3) is 0.619. The summed E-state index contributed by atoms with van der Waals surface area (Å²) in [5, 5.41) is 3.28. The number of amides is 3. The molecule has 1 N–H and O–H groups in total. The van der Waals surface area contributed by atoms with Crippen molar-refractivity contribution in [2.24, 2.45) is 5.92 Å². The molecule has 0 spiro atoms. The van der Waals surface area contributed by atoms with Gasteiger partial charge in [0.25, 0.3) is 0 Å². The predicted octanol–water partition coefficient (Wildman–Crippen LogP) is 3.82. The monoisotopic (exact) mass is 359 g/mol. The lowest BCUT2D eigenvalue weighted by molar-refractivity contribution is -0.127. The van der Waals surface area contributed by atoms with E-state index in [0.29, 0.717) is 13.1 Å². The second kappa shape index (κ2) is 10.2. The molecule has 0 aromatic heterocycles. The minimum atomic E-state index is -0.00130. The quantitative estimate of drug-likeness (QED) is 0.753. The maximum Gasteiger partial charge on any atom is 0.319 e. The van der Waals surface area contributed by atoms with Crippen LogP contribution >= 0.6 is 0 Å². The summed E-state index contributed by atoms with van der Waals surface area (Å²) in [5.74, 6) is 0.130. The van der Waals surface area contributed by atoms with Crippen LogP contribution in [-0.4, -0.2) is 48.9 Å². The summed E-state index contributed by atoms with van der Waals surface area (Å²) >= 11 is 0. The van der Waals surface area contributed by atoms with Crippen molar-refractivity contribution >= 4 is 11.9 Å². The third-order valence-corrected chi connectivity index (χ3v) is 5.13. The fourth-order valence-corrected chi connectivity index (χ4v) is 3.51. The van der Waals surface area contributed by atoms with Crippen molar-refractivity contribution in [3.05, 3.63) is 35.9 Å². The van der Waals surface area contributed by atoms with E-state index in [0.717, 1.165) is 25.7 Å². The van der Waals surface area contributed by atoms with E-state index >= 15 is 0 Å². The third-order valence-electron chi connectivity index (χ3n) is 5.13. The number of nitrogens with one attached hydrogen (secondary N) is 1. The maximum atomic E-state index is 12.8. The Hall–Kier alpha value is -2.04. The highest BCUT2D eigenvalue weighted by Gasteiger charge is 2.29. The molecule has 1 aromatic rings. The van der Waals surface area contributed by atoms with Crippen molar-refractivity contribution in [3.63, 3.8) is 0 Å². The molecule has 5 heteroatoms. The molecule has 1 heterocycles. The van der Waals surface area contributed by atoms with Crippen LogP contribution in [0.15, 0.2) is 30.3 Å². The first kappa shape index (κ1) is 20.3. The summed E-state index contributed by atoms with van der Waals surface area (Å²) in [6, 6.07) is 10.4. The molecule has 144 valence electrons. The smallest absolute Gasteiger partial charge is 0.319 e. The van der Waals surface area contributed by atoms with Crippen molar-refractivity contribution in [1.82, 2.24) is 15.1 Å². The Balaban J connectivity index is 1.92. The number of hydrogen-bond acceptors (Lipinski definition) is 2. The molecule has 1 fully saturated rings. The molecule has 1 saturated heterocycles. The number of carbonyl (C=O) groups excluding carboxylic acids is 2. The fourth-order valence-electron chi connectivity index (χ4n) is 3.51. The Morgan fingerprint density at radius 2 is 1.81 bits per heavy atom. The lowest BCUT2D eigenvalue weighted by Crippen LogP contribution is -2.46. The van der Waals surface area contributed by atoms with Crippen molar-refractivity contribution in [2.75, 3.05) is 27.2 Å². The molecule has 1 aliphatic heterocycles. The largest absolute Gasteiger partial charge is 0.349 e. The van der Waals surface area contributed by atoms with Crippen LogP contribution in [0.3, 0.4) is 0 Å². The molecule has 1 atom stereocenters. The standard InChI is InChI=1S/C21H33N3O2/c1-4-5-7-12-19(17-10-8-6-9-11-17)22-20(25)18-13-15-24(16-14-18)21(26)23(2)3/h6,8-11,18-19H,4-5,7,12-16H2,1-3H3,(H,22,25). The summed E-state index contributed by atoms with van der Waals surface area (Å²) in [4.78, 5) is 28.3. The highest BCUT2D eigenvalue weighted by Crippen LogP contribution is 2.23. The molecule has 1 aliphatic rings. The van der Waals surface area contributed by atoms with Gasteiger partial charge in [0.1, 0.15) is 0 Å². The zero-order chi connectivity index (χ0) is 18.9. The molecule has 0 radical (unpaired) electrons. The first-order valence-electron chi connectivity index (χ1n) is 9.84. The van der Waals surface area contributed by atoms with Gasteiger partial charge in [-0.3, -0.25) is 4.79 Å². The van der Waals surface area contributed by atoms with Gasteiger partial charge in [0.15, 0.2) is 0 Å². The second-order valence-corrected chi connectivity index (χ2v) is 7.41. The number of nitrogens with zero attached hydrogens (tertiary/aromatic N) is 2. The van der Waals surface area contributed by atoms with E-state index in [1.807, 2.05) is 23.1 Å². The Kier molecular flexibility index (Phi) is 7.95. The van der Waals surface area contributed by atoms with Crippen LogP contribution in [0.4, 0.5) is 4.79 Å². The van der Waals surface area contributed by atoms with E-state index in [2.05, 4.69) is 24.4 Å². The van der Waals surface area contributed by atoms with Gasteiger partial charge in [-0.05, 0) is 24.8 Å². The van der Waals surface area contributed by atoms with Gasteiger partial charge >= 0.3 is 6.03 Å². The molecular weight excluding hydrogens is 326 g/mol. The molecule has 26 heavy (non-hydrogen) atoms. The van der Waals surface area contributed by atoms with Crippen LogP contribution < -0.4 is 5.32 Å². The average molecular weight is 360 g/mol. The number of hydrogen-bond donors (Lipinski definition) is 1. The van der Waals surface area contributed by atoms with Gasteiger partial charge in [-0.25, -0.2) is 4.79 Å². The number of unbranched alkanes of at least 4 members (excludes halogenated alkanes) is 2. The molecule has 3 amide bonds. The average Bonchev–Trinajstić information content (AvgIpc) is 2.67. The van der Waals surface area contributed by atoms with Crippen LogP contribution in [-0.2, 0) is 4.79 Å². The van der Waals surface area contributed by atoms with Crippen LogP contribution in [0.25, 0.3) is 0 Å². The van der Waals surface area contributed by atoms with Gasteiger partial charge < -0.3 is 15.1 Å². The summed E-state index contributed by atoms with van der Waals surface area (Å²) in [6.07, 6.45) is 5.93. The minimum Gasteiger partial charge on any atom is -0.349 e. The van der Waals surface area contributed by atoms with E-state index < -0.39 is 0 Å². The van der Waals surface area contributed by atoms with Crippen LogP contribution in [0.2, 0.25) is 0 Å². The van der Waals surface area contributed by atoms with Crippen LogP contribution in [0, 0.1) is 5.92 Å². The zero-order valence-corrected chi connectivity index (χ0v) is 16.4.